The Morgan fingerprint density at radius 3 is 1.87 bits per heavy atom. The average molecular weight is 801 g/mol. The van der Waals surface area contributed by atoms with Crippen LogP contribution in [0.2, 0.25) is 0 Å². The van der Waals surface area contributed by atoms with Crippen LogP contribution in [-0.2, 0) is 22.4 Å². The summed E-state index contributed by atoms with van der Waals surface area (Å²) in [7, 11) is 1.64. The minimum atomic E-state index is -0.432. The molecular formula is C49H48N6O5. The highest BCUT2D eigenvalue weighted by atomic mass is 16.5. The lowest BCUT2D eigenvalue weighted by Crippen LogP contribution is -2.08. The fourth-order valence-electron chi connectivity index (χ4n) is 6.41. The number of fused-ring (bicyclic) bond motifs is 1. The van der Waals surface area contributed by atoms with Gasteiger partial charge in [-0.3, -0.25) is 0 Å². The number of carbonyl (C=O) groups excluding carboxylic acids is 2. The van der Waals surface area contributed by atoms with Crippen molar-refractivity contribution in [1.82, 2.24) is 0 Å². The standard InChI is InChI=1S/C49H48N6O5/c1-5-48(56)59-31-11-7-6-10-30-58-41-27-18-38(19-28-41)49(57)60-42-25-15-36(16-26-42)14-17-37-20-29-45(44-13-9-8-12-43(37)44)53-55-47-33-34(2)46(32-35(47)3)54-52-40-23-21-39(22-24-40)51-50-4/h5,8-9,12-13,15-16,18-29,32-33H,1,6-7,10-11,14,17,30-31H2,2-4H3. The van der Waals surface area contributed by atoms with Crippen molar-refractivity contribution in [3.63, 3.8) is 0 Å². The van der Waals surface area contributed by atoms with E-state index in [0.29, 0.717) is 30.3 Å². The summed E-state index contributed by atoms with van der Waals surface area (Å²) in [6.07, 6.45) is 6.39. The molecule has 0 saturated heterocycles. The van der Waals surface area contributed by atoms with Gasteiger partial charge in [-0.1, -0.05) is 49.0 Å². The molecule has 0 aliphatic heterocycles. The van der Waals surface area contributed by atoms with Crippen LogP contribution in [0.5, 0.6) is 11.5 Å². The molecule has 0 atom stereocenters. The number of ether oxygens (including phenoxy) is 3. The molecule has 0 heterocycles. The van der Waals surface area contributed by atoms with E-state index in [1.165, 1.54) is 11.6 Å². The second-order valence-corrected chi connectivity index (χ2v) is 14.1. The van der Waals surface area contributed by atoms with Crippen LogP contribution in [-0.4, -0.2) is 32.2 Å². The van der Waals surface area contributed by atoms with Gasteiger partial charge in [-0.15, -0.1) is 5.11 Å². The molecule has 0 radical (unpaired) electrons. The predicted molar refractivity (Wildman–Crippen MR) is 235 cm³/mol. The quantitative estimate of drug-likeness (QED) is 0.0264. The number of hydrogen-bond acceptors (Lipinski definition) is 11. The molecule has 0 N–H and O–H groups in total. The molecule has 0 aliphatic carbocycles. The lowest BCUT2D eigenvalue weighted by molar-refractivity contribution is -0.137. The number of rotatable bonds is 19. The van der Waals surface area contributed by atoms with E-state index in [4.69, 9.17) is 19.3 Å². The molecule has 6 aromatic carbocycles. The van der Waals surface area contributed by atoms with Crippen molar-refractivity contribution in [3.05, 3.63) is 162 Å². The van der Waals surface area contributed by atoms with E-state index < -0.39 is 11.9 Å². The Morgan fingerprint density at radius 2 is 1.20 bits per heavy atom. The van der Waals surface area contributed by atoms with Crippen molar-refractivity contribution in [1.29, 1.82) is 0 Å². The molecule has 0 aromatic heterocycles. The normalized spacial score (nSPS) is 11.4. The second kappa shape index (κ2) is 21.6. The molecule has 6 aromatic rings. The zero-order chi connectivity index (χ0) is 42.1. The third-order valence-electron chi connectivity index (χ3n) is 9.74. The zero-order valence-electron chi connectivity index (χ0n) is 34.2. The van der Waals surface area contributed by atoms with Crippen LogP contribution in [0.15, 0.2) is 165 Å². The number of carbonyl (C=O) groups is 2. The fourth-order valence-corrected chi connectivity index (χ4v) is 6.41. The third kappa shape index (κ3) is 12.2. The summed E-state index contributed by atoms with van der Waals surface area (Å²) in [4.78, 5) is 23.9. The van der Waals surface area contributed by atoms with E-state index in [2.05, 4.69) is 50.3 Å². The summed E-state index contributed by atoms with van der Waals surface area (Å²) in [6, 6.07) is 38.4. The first-order chi connectivity index (χ1) is 29.3. The molecule has 0 amide bonds. The fraction of sp³-hybridized carbons (Fsp3) is 0.224. The molecule has 0 saturated carbocycles. The smallest absolute Gasteiger partial charge is 0.343 e. The van der Waals surface area contributed by atoms with Crippen molar-refractivity contribution in [2.45, 2.75) is 52.4 Å². The topological polar surface area (TPSA) is 136 Å². The van der Waals surface area contributed by atoms with Gasteiger partial charge in [-0.2, -0.15) is 25.6 Å². The van der Waals surface area contributed by atoms with Gasteiger partial charge in [0, 0.05) is 18.5 Å². The highest BCUT2D eigenvalue weighted by Gasteiger charge is 2.11. The molecule has 0 unspecified atom stereocenters. The van der Waals surface area contributed by atoms with E-state index in [-0.39, 0.29) is 0 Å². The van der Waals surface area contributed by atoms with Crippen LogP contribution < -0.4 is 9.47 Å². The van der Waals surface area contributed by atoms with Gasteiger partial charge < -0.3 is 14.2 Å². The largest absolute Gasteiger partial charge is 0.494 e. The van der Waals surface area contributed by atoms with Gasteiger partial charge in [-0.05, 0) is 159 Å². The monoisotopic (exact) mass is 800 g/mol. The highest BCUT2D eigenvalue weighted by Crippen LogP contribution is 2.34. The van der Waals surface area contributed by atoms with Crippen molar-refractivity contribution in [2.24, 2.45) is 30.7 Å². The first-order valence-corrected chi connectivity index (χ1v) is 20.0. The predicted octanol–water partition coefficient (Wildman–Crippen LogP) is 13.7. The number of unbranched alkanes of at least 4 members (excludes halogenated alkanes) is 3. The number of aryl methyl sites for hydroxylation is 4. The number of esters is 2. The van der Waals surface area contributed by atoms with Gasteiger partial charge >= 0.3 is 11.9 Å². The molecule has 0 aliphatic rings. The molecule has 6 rings (SSSR count). The number of nitrogens with zero attached hydrogens (tertiary/aromatic N) is 6. The van der Waals surface area contributed by atoms with Crippen LogP contribution in [0, 0.1) is 13.8 Å². The number of hydrogen-bond donors (Lipinski definition) is 0. The Kier molecular flexibility index (Phi) is 15.3. The van der Waals surface area contributed by atoms with Gasteiger partial charge in [0.05, 0.1) is 47.2 Å². The van der Waals surface area contributed by atoms with Gasteiger partial charge in [0.2, 0.25) is 0 Å². The first kappa shape index (κ1) is 42.5. The minimum absolute atomic E-state index is 0.393. The molecule has 60 heavy (non-hydrogen) atoms. The number of azo groups is 3. The Hall–Kier alpha value is -7.14. The molecule has 304 valence electrons. The van der Waals surface area contributed by atoms with Gasteiger partial charge in [0.1, 0.15) is 11.5 Å². The maximum absolute atomic E-state index is 12.9. The summed E-state index contributed by atoms with van der Waals surface area (Å²) in [5, 5.41) is 28.2. The van der Waals surface area contributed by atoms with Crippen LogP contribution in [0.3, 0.4) is 0 Å². The summed E-state index contributed by atoms with van der Waals surface area (Å²) < 4.78 is 16.4. The van der Waals surface area contributed by atoms with E-state index >= 15 is 0 Å². The van der Waals surface area contributed by atoms with Crippen LogP contribution in [0.1, 0.15) is 58.3 Å². The Labute approximate surface area is 350 Å². The maximum Gasteiger partial charge on any atom is 0.343 e. The van der Waals surface area contributed by atoms with Crippen LogP contribution in [0.25, 0.3) is 10.8 Å². The maximum atomic E-state index is 12.9. The summed E-state index contributed by atoms with van der Waals surface area (Å²) in [5.74, 6) is 0.347. The van der Waals surface area contributed by atoms with E-state index in [1.807, 2.05) is 92.7 Å². The molecule has 11 nitrogen and oxygen atoms in total. The SMILES string of the molecule is C=CC(=O)OCCCCCCOc1ccc(C(=O)Oc2ccc(CCc3ccc(N=Nc4cc(C)c(N=Nc5ccc(N=NC)cc5)cc4C)c4ccccc34)cc2)cc1. The lowest BCUT2D eigenvalue weighted by atomic mass is 9.97. The summed E-state index contributed by atoms with van der Waals surface area (Å²) in [5.41, 5.74) is 8.50. The summed E-state index contributed by atoms with van der Waals surface area (Å²) >= 11 is 0. The Balaban J connectivity index is 0.995. The average Bonchev–Trinajstić information content (AvgIpc) is 3.27. The van der Waals surface area contributed by atoms with Gasteiger partial charge in [-0.25, -0.2) is 9.59 Å². The minimum Gasteiger partial charge on any atom is -0.494 e. The van der Waals surface area contributed by atoms with Crippen LogP contribution in [0.4, 0.5) is 28.4 Å². The molecule has 11 heteroatoms. The Morgan fingerprint density at radius 1 is 0.600 bits per heavy atom. The molecule has 0 spiro atoms. The van der Waals surface area contributed by atoms with E-state index in [0.717, 1.165) is 94.4 Å². The van der Waals surface area contributed by atoms with E-state index in [9.17, 15) is 9.59 Å². The van der Waals surface area contributed by atoms with Crippen molar-refractivity contribution in [2.75, 3.05) is 20.3 Å². The van der Waals surface area contributed by atoms with Crippen LogP contribution >= 0.6 is 0 Å². The van der Waals surface area contributed by atoms with Gasteiger partial charge in [0.25, 0.3) is 0 Å². The lowest BCUT2D eigenvalue weighted by Gasteiger charge is -2.10. The number of benzene rings is 6. The highest BCUT2D eigenvalue weighted by molar-refractivity contribution is 5.95. The van der Waals surface area contributed by atoms with E-state index in [1.54, 1.807) is 31.3 Å². The second-order valence-electron chi connectivity index (χ2n) is 14.1. The summed E-state index contributed by atoms with van der Waals surface area (Å²) in [6.45, 7) is 8.33. The van der Waals surface area contributed by atoms with Crippen molar-refractivity contribution < 1.29 is 23.8 Å². The van der Waals surface area contributed by atoms with Crippen molar-refractivity contribution in [3.8, 4) is 11.5 Å². The zero-order valence-corrected chi connectivity index (χ0v) is 34.2. The molecule has 0 fully saturated rings. The molecular weight excluding hydrogens is 753 g/mol. The molecule has 0 bridgehead atoms. The van der Waals surface area contributed by atoms with Crippen molar-refractivity contribution >= 4 is 51.1 Å². The van der Waals surface area contributed by atoms with Gasteiger partial charge in [0.15, 0.2) is 0 Å². The third-order valence-corrected chi connectivity index (χ3v) is 9.74. The Bertz CT molecular complexity index is 2490. The first-order valence-electron chi connectivity index (χ1n) is 20.0.